The Hall–Kier alpha value is -0.870. The highest BCUT2D eigenvalue weighted by Gasteiger charge is 2.10. The molecule has 0 fully saturated rings. The summed E-state index contributed by atoms with van der Waals surface area (Å²) < 4.78 is 1.87. The van der Waals surface area contributed by atoms with Crippen LogP contribution < -0.4 is 5.32 Å². The van der Waals surface area contributed by atoms with Gasteiger partial charge in [-0.2, -0.15) is 5.10 Å². The first-order valence-electron chi connectivity index (χ1n) is 5.43. The summed E-state index contributed by atoms with van der Waals surface area (Å²) in [5, 5.41) is 16.7. The SMILES string of the molecule is Cc1nn(CCO)c(C)c1CNC(C)C. The lowest BCUT2D eigenvalue weighted by molar-refractivity contribution is 0.267. The molecular weight excluding hydrogens is 190 g/mol. The Labute approximate surface area is 91.3 Å². The maximum atomic E-state index is 8.89. The molecule has 1 aromatic rings. The van der Waals surface area contributed by atoms with Crippen LogP contribution in [0.15, 0.2) is 0 Å². The van der Waals surface area contributed by atoms with Crippen molar-refractivity contribution in [2.75, 3.05) is 6.61 Å². The third-order valence-electron chi connectivity index (χ3n) is 2.53. The molecule has 0 saturated carbocycles. The summed E-state index contributed by atoms with van der Waals surface area (Å²) in [4.78, 5) is 0. The predicted molar refractivity (Wildman–Crippen MR) is 60.8 cm³/mol. The standard InChI is InChI=1S/C11H21N3O/c1-8(2)12-7-11-9(3)13-14(5-6-15)10(11)4/h8,12,15H,5-7H2,1-4H3. The third kappa shape index (κ3) is 3.04. The van der Waals surface area contributed by atoms with Crippen LogP contribution in [0.3, 0.4) is 0 Å². The van der Waals surface area contributed by atoms with E-state index in [4.69, 9.17) is 5.11 Å². The number of nitrogens with one attached hydrogen (secondary N) is 1. The molecule has 0 aliphatic carbocycles. The number of aromatic nitrogens is 2. The fraction of sp³-hybridized carbons (Fsp3) is 0.727. The van der Waals surface area contributed by atoms with Gasteiger partial charge in [0.15, 0.2) is 0 Å². The predicted octanol–water partition coefficient (Wildman–Crippen LogP) is 0.990. The van der Waals surface area contributed by atoms with Gasteiger partial charge in [0.05, 0.1) is 18.8 Å². The van der Waals surface area contributed by atoms with Crippen molar-refractivity contribution in [3.05, 3.63) is 17.0 Å². The zero-order valence-corrected chi connectivity index (χ0v) is 10.0. The zero-order chi connectivity index (χ0) is 11.4. The molecule has 0 spiro atoms. The second-order valence-corrected chi connectivity index (χ2v) is 4.13. The van der Waals surface area contributed by atoms with Gasteiger partial charge in [-0.25, -0.2) is 0 Å². The Morgan fingerprint density at radius 2 is 2.07 bits per heavy atom. The second-order valence-electron chi connectivity index (χ2n) is 4.13. The molecule has 0 aliphatic rings. The maximum absolute atomic E-state index is 8.89. The summed E-state index contributed by atoms with van der Waals surface area (Å²) in [6.45, 7) is 9.88. The van der Waals surface area contributed by atoms with Crippen LogP contribution in [0.1, 0.15) is 30.8 Å². The van der Waals surface area contributed by atoms with E-state index in [1.54, 1.807) is 0 Å². The van der Waals surface area contributed by atoms with Crippen LogP contribution in [-0.2, 0) is 13.1 Å². The van der Waals surface area contributed by atoms with E-state index < -0.39 is 0 Å². The summed E-state index contributed by atoms with van der Waals surface area (Å²) in [7, 11) is 0. The van der Waals surface area contributed by atoms with E-state index in [9.17, 15) is 0 Å². The Morgan fingerprint density at radius 3 is 2.60 bits per heavy atom. The average Bonchev–Trinajstić information content (AvgIpc) is 2.40. The van der Waals surface area contributed by atoms with Gasteiger partial charge in [-0.05, 0) is 13.8 Å². The Morgan fingerprint density at radius 1 is 1.40 bits per heavy atom. The van der Waals surface area contributed by atoms with Crippen LogP contribution in [0.5, 0.6) is 0 Å². The van der Waals surface area contributed by atoms with E-state index in [2.05, 4.69) is 24.3 Å². The fourth-order valence-corrected chi connectivity index (χ4v) is 1.61. The van der Waals surface area contributed by atoms with Crippen molar-refractivity contribution in [3.8, 4) is 0 Å². The molecule has 0 unspecified atom stereocenters. The molecule has 0 bridgehead atoms. The van der Waals surface area contributed by atoms with E-state index in [0.717, 1.165) is 17.9 Å². The van der Waals surface area contributed by atoms with E-state index in [1.165, 1.54) is 5.56 Å². The number of aryl methyl sites for hydroxylation is 1. The highest BCUT2D eigenvalue weighted by atomic mass is 16.3. The quantitative estimate of drug-likeness (QED) is 0.763. The van der Waals surface area contributed by atoms with E-state index >= 15 is 0 Å². The molecule has 1 rings (SSSR count). The molecule has 86 valence electrons. The molecule has 0 radical (unpaired) electrons. The molecule has 0 aromatic carbocycles. The molecule has 4 heteroatoms. The molecule has 1 aromatic heterocycles. The van der Waals surface area contributed by atoms with Crippen LogP contribution in [-0.4, -0.2) is 27.5 Å². The molecular formula is C11H21N3O. The number of nitrogens with zero attached hydrogens (tertiary/aromatic N) is 2. The van der Waals surface area contributed by atoms with Gasteiger partial charge in [-0.3, -0.25) is 4.68 Å². The first-order valence-corrected chi connectivity index (χ1v) is 5.43. The zero-order valence-electron chi connectivity index (χ0n) is 10.0. The van der Waals surface area contributed by atoms with Gasteiger partial charge in [0, 0.05) is 23.8 Å². The van der Waals surface area contributed by atoms with Crippen LogP contribution in [0, 0.1) is 13.8 Å². The van der Waals surface area contributed by atoms with Crippen molar-refractivity contribution >= 4 is 0 Å². The molecule has 0 amide bonds. The lowest BCUT2D eigenvalue weighted by atomic mass is 10.2. The fourth-order valence-electron chi connectivity index (χ4n) is 1.61. The Kier molecular flexibility index (Phi) is 4.29. The van der Waals surface area contributed by atoms with Crippen molar-refractivity contribution < 1.29 is 5.11 Å². The molecule has 0 atom stereocenters. The number of hydrogen-bond acceptors (Lipinski definition) is 3. The van der Waals surface area contributed by atoms with Crippen molar-refractivity contribution in [1.82, 2.24) is 15.1 Å². The largest absolute Gasteiger partial charge is 0.394 e. The van der Waals surface area contributed by atoms with E-state index in [-0.39, 0.29) is 6.61 Å². The minimum Gasteiger partial charge on any atom is -0.394 e. The lowest BCUT2D eigenvalue weighted by Gasteiger charge is -2.08. The highest BCUT2D eigenvalue weighted by molar-refractivity contribution is 5.24. The molecule has 1 heterocycles. The molecule has 4 nitrogen and oxygen atoms in total. The van der Waals surface area contributed by atoms with Gasteiger partial charge >= 0.3 is 0 Å². The van der Waals surface area contributed by atoms with Gasteiger partial charge in [0.25, 0.3) is 0 Å². The first-order chi connectivity index (χ1) is 7.06. The summed E-state index contributed by atoms with van der Waals surface area (Å²) >= 11 is 0. The molecule has 2 N–H and O–H groups in total. The van der Waals surface area contributed by atoms with Gasteiger partial charge in [0.2, 0.25) is 0 Å². The first kappa shape index (κ1) is 12.2. The summed E-state index contributed by atoms with van der Waals surface area (Å²) in [6, 6.07) is 0.477. The maximum Gasteiger partial charge on any atom is 0.0644 e. The lowest BCUT2D eigenvalue weighted by Crippen LogP contribution is -2.22. The van der Waals surface area contributed by atoms with Crippen LogP contribution in [0.25, 0.3) is 0 Å². The van der Waals surface area contributed by atoms with Crippen molar-refractivity contribution in [1.29, 1.82) is 0 Å². The smallest absolute Gasteiger partial charge is 0.0644 e. The van der Waals surface area contributed by atoms with Crippen molar-refractivity contribution in [2.24, 2.45) is 0 Å². The Bertz CT molecular complexity index is 318. The van der Waals surface area contributed by atoms with E-state index in [0.29, 0.717) is 12.6 Å². The van der Waals surface area contributed by atoms with Crippen LogP contribution >= 0.6 is 0 Å². The number of aliphatic hydroxyl groups is 1. The van der Waals surface area contributed by atoms with Crippen LogP contribution in [0.4, 0.5) is 0 Å². The minimum atomic E-state index is 0.138. The highest BCUT2D eigenvalue weighted by Crippen LogP contribution is 2.12. The van der Waals surface area contributed by atoms with Gasteiger partial charge in [0.1, 0.15) is 0 Å². The van der Waals surface area contributed by atoms with Crippen molar-refractivity contribution in [3.63, 3.8) is 0 Å². The Balaban J connectivity index is 2.78. The summed E-state index contributed by atoms with van der Waals surface area (Å²) in [5.74, 6) is 0. The summed E-state index contributed by atoms with van der Waals surface area (Å²) in [5.41, 5.74) is 3.45. The monoisotopic (exact) mass is 211 g/mol. The summed E-state index contributed by atoms with van der Waals surface area (Å²) in [6.07, 6.45) is 0. The average molecular weight is 211 g/mol. The number of rotatable bonds is 5. The molecule has 0 saturated heterocycles. The van der Waals surface area contributed by atoms with Gasteiger partial charge < -0.3 is 10.4 Å². The normalized spacial score (nSPS) is 11.3. The van der Waals surface area contributed by atoms with Gasteiger partial charge in [-0.15, -0.1) is 0 Å². The van der Waals surface area contributed by atoms with Gasteiger partial charge in [-0.1, -0.05) is 13.8 Å². The number of aliphatic hydroxyl groups excluding tert-OH is 1. The second kappa shape index (κ2) is 5.28. The third-order valence-corrected chi connectivity index (χ3v) is 2.53. The minimum absolute atomic E-state index is 0.138. The molecule has 15 heavy (non-hydrogen) atoms. The molecule has 0 aliphatic heterocycles. The van der Waals surface area contributed by atoms with Crippen LogP contribution in [0.2, 0.25) is 0 Å². The number of hydrogen-bond donors (Lipinski definition) is 2. The topological polar surface area (TPSA) is 50.1 Å². The van der Waals surface area contributed by atoms with E-state index in [1.807, 2.05) is 18.5 Å². The van der Waals surface area contributed by atoms with Crippen molar-refractivity contribution in [2.45, 2.75) is 46.8 Å².